The Kier molecular flexibility index (Phi) is 7.67. The van der Waals surface area contributed by atoms with Crippen LogP contribution < -0.4 is 0 Å². The highest BCUT2D eigenvalue weighted by atomic mass is 79.9. The zero-order chi connectivity index (χ0) is 11.8. The van der Waals surface area contributed by atoms with E-state index in [1.165, 1.54) is 58.4 Å². The van der Waals surface area contributed by atoms with Gasteiger partial charge in [-0.1, -0.05) is 42.6 Å². The molecule has 1 aliphatic rings. The van der Waals surface area contributed by atoms with E-state index in [-0.39, 0.29) is 0 Å². The van der Waals surface area contributed by atoms with E-state index >= 15 is 0 Å². The average Bonchev–Trinajstić information content (AvgIpc) is 2.82. The van der Waals surface area contributed by atoms with Crippen molar-refractivity contribution in [3.05, 3.63) is 0 Å². The van der Waals surface area contributed by atoms with Crippen molar-refractivity contribution in [1.82, 2.24) is 9.80 Å². The van der Waals surface area contributed by atoms with Crippen LogP contribution in [0.3, 0.4) is 0 Å². The van der Waals surface area contributed by atoms with Crippen molar-refractivity contribution in [1.29, 1.82) is 0 Å². The van der Waals surface area contributed by atoms with Crippen LogP contribution in [0.5, 0.6) is 0 Å². The molecule has 0 aromatic heterocycles. The van der Waals surface area contributed by atoms with Crippen molar-refractivity contribution >= 4 is 15.9 Å². The molecule has 0 bridgehead atoms. The first-order chi connectivity index (χ1) is 7.81. The lowest BCUT2D eigenvalue weighted by molar-refractivity contribution is 0.175. The van der Waals surface area contributed by atoms with Crippen molar-refractivity contribution in [3.8, 4) is 0 Å². The molecular weight excluding hydrogens is 264 g/mol. The lowest BCUT2D eigenvalue weighted by Gasteiger charge is -2.30. The standard InChI is InChI=1S/C13H27BrN2/c1-3-15(4-2)11-12-16(10-9-14)13-7-5-6-8-13/h13H,3-12H2,1-2H3. The van der Waals surface area contributed by atoms with E-state index in [2.05, 4.69) is 39.6 Å². The Morgan fingerprint density at radius 1 is 1.00 bits per heavy atom. The van der Waals surface area contributed by atoms with Gasteiger partial charge in [0.15, 0.2) is 0 Å². The Balaban J connectivity index is 2.31. The summed E-state index contributed by atoms with van der Waals surface area (Å²) in [5.41, 5.74) is 0. The average molecular weight is 291 g/mol. The number of hydrogen-bond acceptors (Lipinski definition) is 2. The van der Waals surface area contributed by atoms with Crippen LogP contribution in [0.25, 0.3) is 0 Å². The first-order valence-electron chi connectivity index (χ1n) is 6.84. The lowest BCUT2D eigenvalue weighted by atomic mass is 10.2. The minimum absolute atomic E-state index is 0.869. The van der Waals surface area contributed by atoms with Gasteiger partial charge < -0.3 is 4.90 Å². The first kappa shape index (κ1) is 14.5. The summed E-state index contributed by atoms with van der Waals surface area (Å²) in [6, 6.07) is 0.869. The molecule has 0 aliphatic heterocycles. The van der Waals surface area contributed by atoms with E-state index in [0.29, 0.717) is 0 Å². The van der Waals surface area contributed by atoms with Crippen molar-refractivity contribution in [2.45, 2.75) is 45.6 Å². The predicted octanol–water partition coefficient (Wildman–Crippen LogP) is 2.97. The van der Waals surface area contributed by atoms with Crippen molar-refractivity contribution in [2.24, 2.45) is 0 Å². The van der Waals surface area contributed by atoms with Crippen molar-refractivity contribution in [3.63, 3.8) is 0 Å². The Labute approximate surface area is 109 Å². The van der Waals surface area contributed by atoms with Crippen molar-refractivity contribution < 1.29 is 0 Å². The highest BCUT2D eigenvalue weighted by Gasteiger charge is 2.21. The number of hydrogen-bond donors (Lipinski definition) is 0. The maximum Gasteiger partial charge on any atom is 0.0159 e. The van der Waals surface area contributed by atoms with E-state index in [1.54, 1.807) is 0 Å². The summed E-state index contributed by atoms with van der Waals surface area (Å²) in [4.78, 5) is 5.22. The van der Waals surface area contributed by atoms with Crippen LogP contribution in [-0.4, -0.2) is 53.9 Å². The molecule has 1 aliphatic carbocycles. The molecule has 0 spiro atoms. The van der Waals surface area contributed by atoms with Crippen molar-refractivity contribution in [2.75, 3.05) is 38.1 Å². The molecule has 0 amide bonds. The number of halogens is 1. The molecule has 96 valence electrons. The molecule has 2 nitrogen and oxygen atoms in total. The smallest absolute Gasteiger partial charge is 0.0159 e. The normalized spacial score (nSPS) is 17.8. The minimum Gasteiger partial charge on any atom is -0.303 e. The van der Waals surface area contributed by atoms with E-state index < -0.39 is 0 Å². The highest BCUT2D eigenvalue weighted by molar-refractivity contribution is 9.09. The third-order valence-corrected chi connectivity index (χ3v) is 4.17. The lowest BCUT2D eigenvalue weighted by Crippen LogP contribution is -2.41. The summed E-state index contributed by atoms with van der Waals surface area (Å²) in [6.07, 6.45) is 5.72. The summed E-state index contributed by atoms with van der Waals surface area (Å²) in [6.45, 7) is 10.6. The summed E-state index contributed by atoms with van der Waals surface area (Å²) in [5, 5.41) is 1.11. The molecule has 0 saturated heterocycles. The second-order valence-corrected chi connectivity index (χ2v) is 5.48. The molecule has 16 heavy (non-hydrogen) atoms. The maximum atomic E-state index is 3.58. The molecule has 1 rings (SSSR count). The van der Waals surface area contributed by atoms with Gasteiger partial charge in [0, 0.05) is 31.0 Å². The molecule has 0 atom stereocenters. The summed E-state index contributed by atoms with van der Waals surface area (Å²) in [7, 11) is 0. The Bertz CT molecular complexity index is 165. The summed E-state index contributed by atoms with van der Waals surface area (Å²) < 4.78 is 0. The molecule has 0 unspecified atom stereocenters. The Hall–Kier alpha value is 0.400. The third kappa shape index (κ3) is 4.72. The van der Waals surface area contributed by atoms with Gasteiger partial charge in [0.2, 0.25) is 0 Å². The largest absolute Gasteiger partial charge is 0.303 e. The Morgan fingerprint density at radius 2 is 1.62 bits per heavy atom. The van der Waals surface area contributed by atoms with Crippen LogP contribution in [0.2, 0.25) is 0 Å². The first-order valence-corrected chi connectivity index (χ1v) is 7.96. The van der Waals surface area contributed by atoms with Crippen LogP contribution in [0.15, 0.2) is 0 Å². The fourth-order valence-electron chi connectivity index (χ4n) is 2.66. The second kappa shape index (κ2) is 8.48. The fourth-order valence-corrected chi connectivity index (χ4v) is 3.12. The quantitative estimate of drug-likeness (QED) is 0.634. The van der Waals surface area contributed by atoms with E-state index in [0.717, 1.165) is 11.4 Å². The van der Waals surface area contributed by atoms with Gasteiger partial charge in [-0.25, -0.2) is 0 Å². The molecule has 0 radical (unpaired) electrons. The number of alkyl halides is 1. The van der Waals surface area contributed by atoms with Gasteiger partial charge in [0.05, 0.1) is 0 Å². The summed E-state index contributed by atoms with van der Waals surface area (Å²) in [5.74, 6) is 0. The topological polar surface area (TPSA) is 6.48 Å². The van der Waals surface area contributed by atoms with E-state index in [1.807, 2.05) is 0 Å². The van der Waals surface area contributed by atoms with Gasteiger partial charge in [-0.05, 0) is 25.9 Å². The fraction of sp³-hybridized carbons (Fsp3) is 1.00. The van der Waals surface area contributed by atoms with Gasteiger partial charge in [-0.2, -0.15) is 0 Å². The monoisotopic (exact) mass is 290 g/mol. The van der Waals surface area contributed by atoms with Gasteiger partial charge in [-0.3, -0.25) is 4.90 Å². The molecule has 0 aromatic carbocycles. The molecule has 3 heteroatoms. The number of nitrogens with zero attached hydrogens (tertiary/aromatic N) is 2. The zero-order valence-corrected chi connectivity index (χ0v) is 12.5. The van der Waals surface area contributed by atoms with Gasteiger partial charge in [-0.15, -0.1) is 0 Å². The number of rotatable bonds is 8. The molecule has 0 aromatic rings. The predicted molar refractivity (Wildman–Crippen MR) is 75.4 cm³/mol. The summed E-state index contributed by atoms with van der Waals surface area (Å²) >= 11 is 3.58. The minimum atomic E-state index is 0.869. The second-order valence-electron chi connectivity index (χ2n) is 4.69. The molecular formula is C13H27BrN2. The van der Waals surface area contributed by atoms with Gasteiger partial charge in [0.25, 0.3) is 0 Å². The third-order valence-electron chi connectivity index (χ3n) is 3.81. The van der Waals surface area contributed by atoms with Crippen LogP contribution in [0.4, 0.5) is 0 Å². The molecule has 1 saturated carbocycles. The van der Waals surface area contributed by atoms with Crippen LogP contribution in [0, 0.1) is 0 Å². The highest BCUT2D eigenvalue weighted by Crippen LogP contribution is 2.23. The SMILES string of the molecule is CCN(CC)CCN(CCBr)C1CCCC1. The zero-order valence-electron chi connectivity index (χ0n) is 10.9. The van der Waals surface area contributed by atoms with Crippen LogP contribution in [0.1, 0.15) is 39.5 Å². The van der Waals surface area contributed by atoms with Gasteiger partial charge >= 0.3 is 0 Å². The molecule has 1 fully saturated rings. The van der Waals surface area contributed by atoms with E-state index in [9.17, 15) is 0 Å². The Morgan fingerprint density at radius 3 is 2.12 bits per heavy atom. The molecule has 0 N–H and O–H groups in total. The van der Waals surface area contributed by atoms with Gasteiger partial charge in [0.1, 0.15) is 0 Å². The number of likely N-dealkylation sites (N-methyl/N-ethyl adjacent to an activating group) is 1. The maximum absolute atomic E-state index is 3.58. The van der Waals surface area contributed by atoms with E-state index in [4.69, 9.17) is 0 Å². The van der Waals surface area contributed by atoms with Crippen LogP contribution >= 0.6 is 15.9 Å². The van der Waals surface area contributed by atoms with Crippen LogP contribution in [-0.2, 0) is 0 Å². The molecule has 0 heterocycles.